The maximum atomic E-state index is 15.2. The zero-order valence-corrected chi connectivity index (χ0v) is 20.1. The molecule has 1 N–H and O–H groups in total. The number of halogens is 1. The van der Waals surface area contributed by atoms with Crippen molar-refractivity contribution in [2.24, 2.45) is 7.05 Å². The molecule has 3 aromatic heterocycles. The fourth-order valence-corrected chi connectivity index (χ4v) is 5.17. The molecule has 1 saturated heterocycles. The number of thiazole rings is 1. The summed E-state index contributed by atoms with van der Waals surface area (Å²) in [5.74, 6) is 0.704. The highest BCUT2D eigenvalue weighted by Gasteiger charge is 2.26. The third-order valence-corrected chi connectivity index (χ3v) is 7.07. The molecule has 0 aliphatic carbocycles. The number of hydrogen-bond donors (Lipinski definition) is 1. The molecule has 8 nitrogen and oxygen atoms in total. The van der Waals surface area contributed by atoms with E-state index in [9.17, 15) is 0 Å². The SMILES string of the molecule is C[C@@H](Oc1cc(-c2cnn(C)c2)cc2ncnc(Nc3ccc4ncsc4c3F)c12)[C@H]1CCCO1. The van der Waals surface area contributed by atoms with Gasteiger partial charge < -0.3 is 14.8 Å². The van der Waals surface area contributed by atoms with Crippen molar-refractivity contribution >= 4 is 44.0 Å². The molecule has 35 heavy (non-hydrogen) atoms. The lowest BCUT2D eigenvalue weighted by Gasteiger charge is -2.22. The number of nitrogens with one attached hydrogen (secondary N) is 1. The van der Waals surface area contributed by atoms with Gasteiger partial charge in [0.15, 0.2) is 5.82 Å². The van der Waals surface area contributed by atoms with Crippen LogP contribution in [-0.2, 0) is 11.8 Å². The fraction of sp³-hybridized carbons (Fsp3) is 0.280. The monoisotopic (exact) mass is 490 g/mol. The number of ether oxygens (including phenoxy) is 2. The lowest BCUT2D eigenvalue weighted by Crippen LogP contribution is -2.28. The predicted molar refractivity (Wildman–Crippen MR) is 134 cm³/mol. The summed E-state index contributed by atoms with van der Waals surface area (Å²) in [5, 5.41) is 8.14. The molecule has 0 amide bonds. The van der Waals surface area contributed by atoms with E-state index in [0.29, 0.717) is 38.4 Å². The van der Waals surface area contributed by atoms with Gasteiger partial charge in [-0.05, 0) is 49.6 Å². The van der Waals surface area contributed by atoms with Gasteiger partial charge in [-0.2, -0.15) is 5.10 Å². The quantitative estimate of drug-likeness (QED) is 0.338. The van der Waals surface area contributed by atoms with Crippen molar-refractivity contribution in [3.8, 4) is 16.9 Å². The first-order valence-corrected chi connectivity index (χ1v) is 12.3. The van der Waals surface area contributed by atoms with E-state index in [2.05, 4.69) is 25.4 Å². The number of anilines is 2. The maximum Gasteiger partial charge on any atom is 0.166 e. The van der Waals surface area contributed by atoms with Crippen LogP contribution >= 0.6 is 11.3 Å². The second kappa shape index (κ2) is 8.86. The minimum atomic E-state index is -0.362. The van der Waals surface area contributed by atoms with Gasteiger partial charge in [0.05, 0.1) is 44.6 Å². The average Bonchev–Trinajstić information content (AvgIpc) is 3.63. The normalized spacial score (nSPS) is 16.7. The molecule has 4 heterocycles. The first-order chi connectivity index (χ1) is 17.1. The molecule has 0 bridgehead atoms. The van der Waals surface area contributed by atoms with Crippen molar-refractivity contribution in [2.45, 2.75) is 32.0 Å². The van der Waals surface area contributed by atoms with Crippen LogP contribution in [0.15, 0.2) is 48.5 Å². The molecular formula is C25H23FN6O2S. The maximum absolute atomic E-state index is 15.2. The molecular weight excluding hydrogens is 467 g/mol. The van der Waals surface area contributed by atoms with Crippen molar-refractivity contribution in [1.82, 2.24) is 24.7 Å². The van der Waals surface area contributed by atoms with E-state index in [4.69, 9.17) is 9.47 Å². The van der Waals surface area contributed by atoms with Gasteiger partial charge >= 0.3 is 0 Å². The van der Waals surface area contributed by atoms with E-state index in [0.717, 1.165) is 30.6 Å². The second-order valence-corrected chi connectivity index (χ2v) is 9.48. The molecule has 0 radical (unpaired) electrons. The van der Waals surface area contributed by atoms with Crippen LogP contribution in [0.1, 0.15) is 19.8 Å². The Labute approximate surface area is 204 Å². The molecule has 6 rings (SSSR count). The molecule has 2 atom stereocenters. The van der Waals surface area contributed by atoms with Crippen molar-refractivity contribution in [1.29, 1.82) is 0 Å². The van der Waals surface area contributed by atoms with E-state index >= 15 is 4.39 Å². The summed E-state index contributed by atoms with van der Waals surface area (Å²) in [4.78, 5) is 13.2. The summed E-state index contributed by atoms with van der Waals surface area (Å²) in [5.41, 5.74) is 5.12. The highest BCUT2D eigenvalue weighted by atomic mass is 32.1. The number of nitrogens with zero attached hydrogens (tertiary/aromatic N) is 5. The number of fused-ring (bicyclic) bond motifs is 2. The number of hydrogen-bond acceptors (Lipinski definition) is 8. The second-order valence-electron chi connectivity index (χ2n) is 8.62. The molecule has 1 fully saturated rings. The molecule has 1 aliphatic heterocycles. The zero-order valence-electron chi connectivity index (χ0n) is 19.2. The van der Waals surface area contributed by atoms with Gasteiger partial charge in [0, 0.05) is 25.4 Å². The van der Waals surface area contributed by atoms with Gasteiger partial charge in [0.1, 0.15) is 24.0 Å². The Morgan fingerprint density at radius 3 is 2.91 bits per heavy atom. The minimum Gasteiger partial charge on any atom is -0.487 e. The van der Waals surface area contributed by atoms with E-state index in [1.165, 1.54) is 17.7 Å². The van der Waals surface area contributed by atoms with Crippen LogP contribution in [0.25, 0.3) is 32.2 Å². The van der Waals surface area contributed by atoms with Gasteiger partial charge in [-0.25, -0.2) is 19.3 Å². The lowest BCUT2D eigenvalue weighted by molar-refractivity contribution is 0.0221. The van der Waals surface area contributed by atoms with Crippen molar-refractivity contribution in [2.75, 3.05) is 11.9 Å². The van der Waals surface area contributed by atoms with Crippen LogP contribution in [0.3, 0.4) is 0 Å². The fourth-order valence-electron chi connectivity index (χ4n) is 4.45. The highest BCUT2D eigenvalue weighted by molar-refractivity contribution is 7.16. The van der Waals surface area contributed by atoms with Gasteiger partial charge in [-0.3, -0.25) is 4.68 Å². The lowest BCUT2D eigenvalue weighted by atomic mass is 10.1. The van der Waals surface area contributed by atoms with E-state index in [1.807, 2.05) is 32.3 Å². The summed E-state index contributed by atoms with van der Waals surface area (Å²) in [6, 6.07) is 7.39. The first-order valence-electron chi connectivity index (χ1n) is 11.4. The smallest absolute Gasteiger partial charge is 0.166 e. The van der Waals surface area contributed by atoms with Crippen LogP contribution < -0.4 is 10.1 Å². The Balaban J connectivity index is 1.47. The minimum absolute atomic E-state index is 0.0133. The Bertz CT molecular complexity index is 1530. The van der Waals surface area contributed by atoms with Gasteiger partial charge in [0.2, 0.25) is 0 Å². The van der Waals surface area contributed by atoms with Crippen LogP contribution in [-0.4, -0.2) is 43.5 Å². The Kier molecular flexibility index (Phi) is 5.54. The van der Waals surface area contributed by atoms with Crippen LogP contribution in [0.5, 0.6) is 5.75 Å². The summed E-state index contributed by atoms with van der Waals surface area (Å²) in [6.45, 7) is 2.75. The molecule has 0 spiro atoms. The zero-order chi connectivity index (χ0) is 23.9. The molecule has 1 aliphatic rings. The van der Waals surface area contributed by atoms with Gasteiger partial charge in [-0.1, -0.05) is 0 Å². The number of rotatable bonds is 6. The average molecular weight is 491 g/mol. The van der Waals surface area contributed by atoms with Crippen LogP contribution in [0.4, 0.5) is 15.9 Å². The van der Waals surface area contributed by atoms with E-state index in [1.54, 1.807) is 28.5 Å². The summed E-state index contributed by atoms with van der Waals surface area (Å²) >= 11 is 1.26. The van der Waals surface area contributed by atoms with Crippen LogP contribution in [0.2, 0.25) is 0 Å². The van der Waals surface area contributed by atoms with Crippen molar-refractivity contribution < 1.29 is 13.9 Å². The Morgan fingerprint density at radius 1 is 1.20 bits per heavy atom. The molecule has 10 heteroatoms. The Hall–Kier alpha value is -3.63. The van der Waals surface area contributed by atoms with Gasteiger partial charge in [-0.15, -0.1) is 11.3 Å². The molecule has 2 aromatic carbocycles. The topological polar surface area (TPSA) is 87.0 Å². The third kappa shape index (κ3) is 4.08. The van der Waals surface area contributed by atoms with E-state index in [-0.39, 0.29) is 18.0 Å². The number of aromatic nitrogens is 5. The molecule has 0 saturated carbocycles. The Morgan fingerprint density at radius 2 is 2.11 bits per heavy atom. The highest BCUT2D eigenvalue weighted by Crippen LogP contribution is 2.38. The predicted octanol–water partition coefficient (Wildman–Crippen LogP) is 5.47. The summed E-state index contributed by atoms with van der Waals surface area (Å²) < 4.78 is 29.8. The number of benzene rings is 2. The third-order valence-electron chi connectivity index (χ3n) is 6.23. The molecule has 0 unspecified atom stereocenters. The molecule has 178 valence electrons. The first kappa shape index (κ1) is 21.9. The summed E-state index contributed by atoms with van der Waals surface area (Å²) in [6.07, 6.45) is 7.01. The number of aryl methyl sites for hydroxylation is 1. The molecule has 5 aromatic rings. The standard InChI is InChI=1S/C25H23FN6O2S/c1-14(20-4-3-7-33-20)34-21-9-15(16-10-30-32(2)11-16)8-19-22(21)25(28-12-27-19)31-17-5-6-18-24(23(17)26)35-13-29-18/h5-6,8-14,20H,3-4,7H2,1-2H3,(H,27,28,31)/t14-,20-/m1/s1. The van der Waals surface area contributed by atoms with Gasteiger partial charge in [0.25, 0.3) is 0 Å². The largest absolute Gasteiger partial charge is 0.487 e. The van der Waals surface area contributed by atoms with Crippen LogP contribution in [0, 0.1) is 5.82 Å². The van der Waals surface area contributed by atoms with Crippen molar-refractivity contribution in [3.63, 3.8) is 0 Å². The van der Waals surface area contributed by atoms with Crippen molar-refractivity contribution in [3.05, 3.63) is 54.3 Å². The van der Waals surface area contributed by atoms with E-state index < -0.39 is 0 Å². The summed E-state index contributed by atoms with van der Waals surface area (Å²) in [7, 11) is 1.88.